The van der Waals surface area contributed by atoms with E-state index in [1.807, 2.05) is 0 Å². The smallest absolute Gasteiger partial charge is 0.225 e. The van der Waals surface area contributed by atoms with E-state index in [9.17, 15) is 24.6 Å². The molecule has 0 heterocycles. The summed E-state index contributed by atoms with van der Waals surface area (Å²) < 4.78 is 10.2. The Hall–Kier alpha value is -3.55. The van der Waals surface area contributed by atoms with Crippen LogP contribution in [0, 0.1) is 0 Å². The maximum atomic E-state index is 12.5. The second kappa shape index (κ2) is 9.40. The summed E-state index contributed by atoms with van der Waals surface area (Å²) in [6.07, 6.45) is -0.532. The molecule has 148 valence electrons. The Bertz CT molecular complexity index is 864. The van der Waals surface area contributed by atoms with Crippen molar-refractivity contribution in [3.05, 3.63) is 53.6 Å². The molecule has 2 aromatic rings. The number of nitrogens with one attached hydrogen (secondary N) is 1. The number of carboxylic acid groups (broad SMARTS) is 2. The number of carbonyl (C=O) groups is 3. The van der Waals surface area contributed by atoms with Gasteiger partial charge in [-0.3, -0.25) is 4.79 Å². The van der Waals surface area contributed by atoms with Crippen LogP contribution in [0.25, 0.3) is 0 Å². The lowest BCUT2D eigenvalue weighted by Gasteiger charge is -2.19. The van der Waals surface area contributed by atoms with Crippen LogP contribution in [-0.4, -0.2) is 32.1 Å². The quantitative estimate of drug-likeness (QED) is 0.658. The molecular formula is C20H19NO7-2. The van der Waals surface area contributed by atoms with Gasteiger partial charge in [-0.25, -0.2) is 0 Å². The number of amides is 1. The highest BCUT2D eigenvalue weighted by Crippen LogP contribution is 2.33. The number of carboxylic acids is 2. The molecule has 0 bridgehead atoms. The van der Waals surface area contributed by atoms with Gasteiger partial charge in [-0.1, -0.05) is 30.3 Å². The molecule has 0 spiro atoms. The number of rotatable bonds is 9. The minimum atomic E-state index is -1.51. The maximum Gasteiger partial charge on any atom is 0.225 e. The van der Waals surface area contributed by atoms with Gasteiger partial charge in [0, 0.05) is 24.0 Å². The Morgan fingerprint density at radius 1 is 0.964 bits per heavy atom. The summed E-state index contributed by atoms with van der Waals surface area (Å²) in [4.78, 5) is 35.0. The maximum absolute atomic E-state index is 12.5. The lowest BCUT2D eigenvalue weighted by atomic mass is 9.92. The van der Waals surface area contributed by atoms with Crippen molar-refractivity contribution in [3.8, 4) is 11.5 Å². The third-order valence-electron chi connectivity index (χ3n) is 4.13. The van der Waals surface area contributed by atoms with E-state index in [4.69, 9.17) is 9.47 Å². The predicted molar refractivity (Wildman–Crippen MR) is 95.9 cm³/mol. The first-order valence-electron chi connectivity index (χ1n) is 8.37. The van der Waals surface area contributed by atoms with Crippen LogP contribution in [0.3, 0.4) is 0 Å². The number of anilines is 1. The van der Waals surface area contributed by atoms with Crippen LogP contribution in [0.15, 0.2) is 42.5 Å². The van der Waals surface area contributed by atoms with Gasteiger partial charge < -0.3 is 34.6 Å². The fourth-order valence-electron chi connectivity index (χ4n) is 2.81. The third-order valence-corrected chi connectivity index (χ3v) is 4.13. The van der Waals surface area contributed by atoms with E-state index in [2.05, 4.69) is 5.32 Å². The highest BCUT2D eigenvalue weighted by atomic mass is 16.5. The first-order chi connectivity index (χ1) is 13.3. The number of ether oxygens (including phenoxy) is 2. The molecule has 0 saturated heterocycles. The van der Waals surface area contributed by atoms with Crippen molar-refractivity contribution in [2.45, 2.75) is 18.8 Å². The lowest BCUT2D eigenvalue weighted by molar-refractivity contribution is -0.306. The van der Waals surface area contributed by atoms with Crippen LogP contribution >= 0.6 is 0 Å². The average Bonchev–Trinajstić information content (AvgIpc) is 2.67. The molecule has 0 aromatic heterocycles. The summed E-state index contributed by atoms with van der Waals surface area (Å²) in [5, 5.41) is 25.0. The molecule has 8 heteroatoms. The van der Waals surface area contributed by atoms with E-state index in [0.29, 0.717) is 5.56 Å². The molecule has 1 amide bonds. The molecule has 2 aromatic carbocycles. The van der Waals surface area contributed by atoms with E-state index in [-0.39, 0.29) is 35.6 Å². The Morgan fingerprint density at radius 2 is 1.57 bits per heavy atom. The second-order valence-electron chi connectivity index (χ2n) is 5.98. The molecule has 0 fully saturated rings. The molecule has 1 atom stereocenters. The average molecular weight is 385 g/mol. The number of methoxy groups -OCH3 is 2. The van der Waals surface area contributed by atoms with Crippen LogP contribution < -0.4 is 25.0 Å². The highest BCUT2D eigenvalue weighted by molar-refractivity contribution is 6.01. The number of aliphatic carboxylic acids is 1. The lowest BCUT2D eigenvalue weighted by Crippen LogP contribution is -2.27. The van der Waals surface area contributed by atoms with E-state index in [1.165, 1.54) is 26.4 Å². The van der Waals surface area contributed by atoms with Crippen LogP contribution in [-0.2, 0) is 9.59 Å². The Kier molecular flexibility index (Phi) is 6.97. The summed E-state index contributed by atoms with van der Waals surface area (Å²) in [6, 6.07) is 11.1. The molecule has 0 unspecified atom stereocenters. The molecule has 0 radical (unpaired) electrons. The van der Waals surface area contributed by atoms with Gasteiger partial charge in [-0.2, -0.15) is 0 Å². The van der Waals surface area contributed by atoms with Crippen LogP contribution in [0.4, 0.5) is 5.69 Å². The summed E-state index contributed by atoms with van der Waals surface area (Å²) in [5.74, 6) is -3.60. The first kappa shape index (κ1) is 20.8. The van der Waals surface area contributed by atoms with Crippen LogP contribution in [0.5, 0.6) is 11.5 Å². The van der Waals surface area contributed by atoms with Gasteiger partial charge in [0.15, 0.2) is 11.5 Å². The van der Waals surface area contributed by atoms with Gasteiger partial charge in [0.05, 0.1) is 25.9 Å². The molecule has 2 rings (SSSR count). The Balaban J connectivity index is 2.27. The standard InChI is InChI=1S/C20H21NO7/c1-27-16-10-14(20(25)26)15(11-17(16)28-2)21-18(22)8-13(9-19(23)24)12-6-4-3-5-7-12/h3-7,10-11,13H,8-9H2,1-2H3,(H,21,22)(H,23,24)(H,25,26)/p-2/t13-/m1/s1. The van der Waals surface area contributed by atoms with Gasteiger partial charge in [0.25, 0.3) is 0 Å². The van der Waals surface area contributed by atoms with Crippen molar-refractivity contribution in [1.82, 2.24) is 0 Å². The van der Waals surface area contributed by atoms with Crippen molar-refractivity contribution < 1.29 is 34.1 Å². The normalized spacial score (nSPS) is 11.4. The Morgan fingerprint density at radius 3 is 2.11 bits per heavy atom. The Labute approximate surface area is 161 Å². The summed E-state index contributed by atoms with van der Waals surface area (Å²) in [5.41, 5.74) is 0.333. The van der Waals surface area contributed by atoms with E-state index < -0.39 is 23.8 Å². The second-order valence-corrected chi connectivity index (χ2v) is 5.98. The van der Waals surface area contributed by atoms with Crippen LogP contribution in [0.1, 0.15) is 34.7 Å². The van der Waals surface area contributed by atoms with Gasteiger partial charge in [-0.15, -0.1) is 0 Å². The van der Waals surface area contributed by atoms with E-state index in [0.717, 1.165) is 0 Å². The van der Waals surface area contributed by atoms with Crippen molar-refractivity contribution >= 4 is 23.5 Å². The zero-order chi connectivity index (χ0) is 20.7. The molecule has 28 heavy (non-hydrogen) atoms. The van der Waals surface area contributed by atoms with Crippen molar-refractivity contribution in [3.63, 3.8) is 0 Å². The van der Waals surface area contributed by atoms with E-state index >= 15 is 0 Å². The summed E-state index contributed by atoms with van der Waals surface area (Å²) in [6.45, 7) is 0. The minimum Gasteiger partial charge on any atom is -0.550 e. The van der Waals surface area contributed by atoms with Gasteiger partial charge in [-0.05, 0) is 24.0 Å². The molecule has 0 aliphatic heterocycles. The largest absolute Gasteiger partial charge is 0.550 e. The number of hydrogen-bond acceptors (Lipinski definition) is 7. The topological polar surface area (TPSA) is 128 Å². The molecule has 0 aliphatic rings. The van der Waals surface area contributed by atoms with Gasteiger partial charge >= 0.3 is 0 Å². The monoisotopic (exact) mass is 385 g/mol. The minimum absolute atomic E-state index is 0.0390. The summed E-state index contributed by atoms with van der Waals surface area (Å²) in [7, 11) is 2.72. The number of aromatic carboxylic acids is 1. The molecule has 0 saturated carbocycles. The molecule has 1 N–H and O–H groups in total. The first-order valence-corrected chi connectivity index (χ1v) is 8.37. The van der Waals surface area contributed by atoms with Gasteiger partial charge in [0.1, 0.15) is 0 Å². The van der Waals surface area contributed by atoms with Gasteiger partial charge in [0.2, 0.25) is 5.91 Å². The summed E-state index contributed by atoms with van der Waals surface area (Å²) >= 11 is 0. The fraction of sp³-hybridized carbons (Fsp3) is 0.250. The molecule has 8 nitrogen and oxygen atoms in total. The van der Waals surface area contributed by atoms with Crippen molar-refractivity contribution in [2.75, 3.05) is 19.5 Å². The van der Waals surface area contributed by atoms with Crippen molar-refractivity contribution in [1.29, 1.82) is 0 Å². The number of hydrogen-bond donors (Lipinski definition) is 1. The van der Waals surface area contributed by atoms with E-state index in [1.54, 1.807) is 30.3 Å². The zero-order valence-corrected chi connectivity index (χ0v) is 15.4. The molecule has 0 aliphatic carbocycles. The fourth-order valence-corrected chi connectivity index (χ4v) is 2.81. The van der Waals surface area contributed by atoms with Crippen LogP contribution in [0.2, 0.25) is 0 Å². The van der Waals surface area contributed by atoms with Crippen molar-refractivity contribution in [2.24, 2.45) is 0 Å². The third kappa shape index (κ3) is 5.23. The SMILES string of the molecule is COc1cc(NC(=O)C[C@H](CC(=O)[O-])c2ccccc2)c(C(=O)[O-])cc1OC. The molecular weight excluding hydrogens is 366 g/mol. The number of carbonyl (C=O) groups excluding carboxylic acids is 3. The zero-order valence-electron chi connectivity index (χ0n) is 15.4. The highest BCUT2D eigenvalue weighted by Gasteiger charge is 2.19. The predicted octanol–water partition coefficient (Wildman–Crippen LogP) is 0.320. The number of benzene rings is 2.